The molecule has 300 valence electrons. The van der Waals surface area contributed by atoms with Gasteiger partial charge in [0.25, 0.3) is 8.32 Å². The van der Waals surface area contributed by atoms with Crippen molar-refractivity contribution < 1.29 is 43.1 Å². The average molecular weight is 791 g/mol. The van der Waals surface area contributed by atoms with Gasteiger partial charge in [0.1, 0.15) is 24.4 Å². The van der Waals surface area contributed by atoms with Crippen molar-refractivity contribution in [2.24, 2.45) is 0 Å². The molecule has 0 radical (unpaired) electrons. The highest BCUT2D eigenvalue weighted by Gasteiger charge is 2.52. The Morgan fingerprint density at radius 1 is 0.632 bits per heavy atom. The van der Waals surface area contributed by atoms with Gasteiger partial charge in [0, 0.05) is 0 Å². The van der Waals surface area contributed by atoms with Crippen LogP contribution in [-0.4, -0.2) is 74.5 Å². The number of benzene rings is 5. The summed E-state index contributed by atoms with van der Waals surface area (Å²) in [6.45, 7) is 6.71. The van der Waals surface area contributed by atoms with E-state index in [2.05, 4.69) is 45.0 Å². The lowest BCUT2D eigenvalue weighted by Gasteiger charge is -2.47. The molecule has 2 N–H and O–H groups in total. The number of rotatable bonds is 19. The van der Waals surface area contributed by atoms with E-state index in [4.69, 9.17) is 28.1 Å². The highest BCUT2D eigenvalue weighted by Crippen LogP contribution is 2.38. The van der Waals surface area contributed by atoms with Crippen LogP contribution >= 0.6 is 0 Å². The van der Waals surface area contributed by atoms with E-state index in [0.29, 0.717) is 0 Å². The fourth-order valence-electron chi connectivity index (χ4n) is 7.51. The van der Waals surface area contributed by atoms with E-state index in [9.17, 15) is 15.0 Å². The molecule has 1 aliphatic rings. The first kappa shape index (κ1) is 42.1. The van der Waals surface area contributed by atoms with Crippen LogP contribution < -0.4 is 10.4 Å². The second kappa shape index (κ2) is 20.3. The molecule has 5 aromatic rings. The Labute approximate surface area is 337 Å². The predicted octanol–water partition coefficient (Wildman–Crippen LogP) is 6.90. The summed E-state index contributed by atoms with van der Waals surface area (Å²) in [4.78, 5) is 12.5. The van der Waals surface area contributed by atoms with Gasteiger partial charge in [-0.1, -0.05) is 172 Å². The highest BCUT2D eigenvalue weighted by atomic mass is 28.4. The third kappa shape index (κ3) is 10.9. The Morgan fingerprint density at radius 3 is 1.44 bits per heavy atom. The molecule has 1 aliphatic heterocycles. The van der Waals surface area contributed by atoms with Crippen molar-refractivity contribution in [1.82, 2.24) is 0 Å². The van der Waals surface area contributed by atoms with E-state index < -0.39 is 57.7 Å². The van der Waals surface area contributed by atoms with Crippen LogP contribution in [0.3, 0.4) is 0 Å². The number of hydrogen-bond donors (Lipinski definition) is 2. The van der Waals surface area contributed by atoms with Crippen LogP contribution in [0.25, 0.3) is 0 Å². The number of carbonyl (C=O) groups is 1. The lowest BCUT2D eigenvalue weighted by molar-refractivity contribution is -0.335. The molecule has 0 unspecified atom stereocenters. The molecule has 10 heteroatoms. The van der Waals surface area contributed by atoms with Crippen LogP contribution in [0.5, 0.6) is 0 Å². The van der Waals surface area contributed by atoms with Crippen LogP contribution in [0.4, 0.5) is 0 Å². The summed E-state index contributed by atoms with van der Waals surface area (Å²) < 4.78 is 40.4. The zero-order valence-electron chi connectivity index (χ0n) is 32.9. The van der Waals surface area contributed by atoms with Gasteiger partial charge in [0.2, 0.25) is 0 Å². The van der Waals surface area contributed by atoms with E-state index in [-0.39, 0.29) is 37.9 Å². The molecule has 0 saturated carbocycles. The average Bonchev–Trinajstić information content (AvgIpc) is 3.23. The number of aliphatic hydroxyl groups excluding tert-OH is 1. The molecule has 9 nitrogen and oxygen atoms in total. The molecule has 1 saturated heterocycles. The smallest absolute Gasteiger partial charge is 0.306 e. The largest absolute Gasteiger partial charge is 0.481 e. The summed E-state index contributed by atoms with van der Waals surface area (Å²) >= 11 is 0. The van der Waals surface area contributed by atoms with Gasteiger partial charge >= 0.3 is 5.97 Å². The molecular formula is C47H54O9Si. The molecule has 0 spiro atoms. The predicted molar refractivity (Wildman–Crippen MR) is 222 cm³/mol. The van der Waals surface area contributed by atoms with E-state index >= 15 is 0 Å². The second-order valence-electron chi connectivity index (χ2n) is 15.3. The minimum Gasteiger partial charge on any atom is -0.481 e. The summed E-state index contributed by atoms with van der Waals surface area (Å²) in [6, 6.07) is 49.6. The molecule has 1 heterocycles. The first-order valence-electron chi connectivity index (χ1n) is 19.5. The van der Waals surface area contributed by atoms with Gasteiger partial charge in [0.15, 0.2) is 6.29 Å². The van der Waals surface area contributed by atoms with Crippen molar-refractivity contribution in [3.05, 3.63) is 168 Å². The highest BCUT2D eigenvalue weighted by molar-refractivity contribution is 6.99. The molecule has 57 heavy (non-hydrogen) atoms. The monoisotopic (exact) mass is 790 g/mol. The molecule has 6 rings (SSSR count). The van der Waals surface area contributed by atoms with Gasteiger partial charge in [-0.2, -0.15) is 0 Å². The van der Waals surface area contributed by atoms with E-state index in [0.717, 1.165) is 27.1 Å². The van der Waals surface area contributed by atoms with Crippen molar-refractivity contribution in [3.63, 3.8) is 0 Å². The Kier molecular flexibility index (Phi) is 15.0. The van der Waals surface area contributed by atoms with Crippen molar-refractivity contribution in [1.29, 1.82) is 0 Å². The van der Waals surface area contributed by atoms with Crippen LogP contribution in [-0.2, 0) is 52.7 Å². The summed E-state index contributed by atoms with van der Waals surface area (Å²) in [5.41, 5.74) is 2.80. The molecule has 0 aromatic heterocycles. The topological polar surface area (TPSA) is 113 Å². The van der Waals surface area contributed by atoms with Crippen molar-refractivity contribution in [2.45, 2.75) is 88.9 Å². The van der Waals surface area contributed by atoms with Crippen LogP contribution in [0.2, 0.25) is 5.04 Å². The molecule has 0 amide bonds. The summed E-state index contributed by atoms with van der Waals surface area (Å²) in [7, 11) is -3.07. The summed E-state index contributed by atoms with van der Waals surface area (Å²) in [6.07, 6.45) is -5.84. The van der Waals surface area contributed by atoms with Gasteiger partial charge in [0.05, 0.1) is 45.6 Å². The molecular weight excluding hydrogens is 737 g/mol. The minimum absolute atomic E-state index is 0.0435. The summed E-state index contributed by atoms with van der Waals surface area (Å²) in [5, 5.41) is 22.9. The van der Waals surface area contributed by atoms with Crippen LogP contribution in [0.15, 0.2) is 152 Å². The van der Waals surface area contributed by atoms with Crippen molar-refractivity contribution in [3.8, 4) is 0 Å². The Hall–Kier alpha value is -4.49. The van der Waals surface area contributed by atoms with Crippen molar-refractivity contribution in [2.75, 3.05) is 13.2 Å². The van der Waals surface area contributed by atoms with Crippen LogP contribution in [0.1, 0.15) is 43.9 Å². The first-order chi connectivity index (χ1) is 27.7. The Balaban J connectivity index is 1.35. The number of hydrogen-bond acceptors (Lipinski definition) is 8. The van der Waals surface area contributed by atoms with Crippen molar-refractivity contribution >= 4 is 24.7 Å². The van der Waals surface area contributed by atoms with Gasteiger partial charge < -0.3 is 38.3 Å². The van der Waals surface area contributed by atoms with Crippen LogP contribution in [0, 0.1) is 0 Å². The molecule has 5 aromatic carbocycles. The normalized spacial score (nSPS) is 20.5. The number of ether oxygens (including phenoxy) is 5. The fraction of sp³-hybridized carbons (Fsp3) is 0.340. The number of carboxylic acid groups (broad SMARTS) is 1. The lowest BCUT2D eigenvalue weighted by Crippen LogP contribution is -2.67. The third-order valence-electron chi connectivity index (χ3n) is 10.3. The Bertz CT molecular complexity index is 1870. The molecule has 6 atom stereocenters. The van der Waals surface area contributed by atoms with Gasteiger partial charge in [-0.15, -0.1) is 0 Å². The van der Waals surface area contributed by atoms with Gasteiger partial charge in [-0.3, -0.25) is 4.79 Å². The van der Waals surface area contributed by atoms with E-state index in [1.165, 1.54) is 0 Å². The Morgan fingerprint density at radius 2 is 1.04 bits per heavy atom. The minimum atomic E-state index is -3.07. The SMILES string of the molecule is CC(C)(C)[Si](OC[C@H](CC(=O)O)O[C@@H]1O[C@H](CO)[C@@H](OCc2ccccc2)[C@H](OCc2ccccc2)[C@H]1OCc1ccccc1)(c1ccccc1)c1ccccc1. The molecule has 0 aliphatic carbocycles. The maximum absolute atomic E-state index is 12.5. The number of aliphatic hydroxyl groups is 1. The molecule has 0 bridgehead atoms. The van der Waals surface area contributed by atoms with E-state index in [1.807, 2.05) is 127 Å². The number of aliphatic carboxylic acids is 1. The lowest BCUT2D eigenvalue weighted by atomic mass is 9.97. The van der Waals surface area contributed by atoms with Gasteiger partial charge in [-0.05, 0) is 32.1 Å². The van der Waals surface area contributed by atoms with E-state index in [1.54, 1.807) is 0 Å². The third-order valence-corrected chi connectivity index (χ3v) is 15.3. The summed E-state index contributed by atoms with van der Waals surface area (Å²) in [5.74, 6) is -1.05. The first-order valence-corrected chi connectivity index (χ1v) is 21.4. The standard InChI is InChI=1S/C47H54O9Si/c1-47(2,3)57(39-25-15-7-16-26-39,40-27-17-8-18-28-40)54-34-38(29-42(49)50)55-46-45(53-33-37-23-13-6-14-24-37)44(52-32-36-21-11-5-12-22-36)43(41(30-48)56-46)51-31-35-19-9-4-10-20-35/h4-28,38,41,43-46,48H,29-34H2,1-3H3,(H,49,50)/t38-,41+,43+,44-,45+,46+/m0/s1. The zero-order chi connectivity index (χ0) is 40.1. The second-order valence-corrected chi connectivity index (χ2v) is 19.6. The quantitative estimate of drug-likeness (QED) is 0.0864. The maximum atomic E-state index is 12.5. The molecule has 1 fully saturated rings. The zero-order valence-corrected chi connectivity index (χ0v) is 33.9. The van der Waals surface area contributed by atoms with Gasteiger partial charge in [-0.25, -0.2) is 0 Å². The number of carboxylic acids is 1. The maximum Gasteiger partial charge on any atom is 0.306 e. The fourth-order valence-corrected chi connectivity index (χ4v) is 12.1.